The molecule has 1 fully saturated rings. The van der Waals surface area contributed by atoms with Gasteiger partial charge in [-0.15, -0.1) is 0 Å². The quantitative estimate of drug-likeness (QED) is 0.232. The summed E-state index contributed by atoms with van der Waals surface area (Å²) >= 11 is 6.70. The first kappa shape index (κ1) is 23.4. The second-order valence-corrected chi connectivity index (χ2v) is 10.2. The van der Waals surface area contributed by atoms with E-state index in [9.17, 15) is 19.2 Å². The molecule has 0 N–H and O–H groups in total. The summed E-state index contributed by atoms with van der Waals surface area (Å²) in [6.45, 7) is 1.97. The largest absolute Gasteiger partial charge is 0.426 e. The molecule has 2 aliphatic rings. The molecule has 0 unspecified atom stereocenters. The first-order valence-corrected chi connectivity index (χ1v) is 12.4. The number of anilines is 2. The van der Waals surface area contributed by atoms with Gasteiger partial charge in [0.05, 0.1) is 22.7 Å². The van der Waals surface area contributed by atoms with Crippen molar-refractivity contribution in [1.29, 1.82) is 0 Å². The number of aryl methyl sites for hydroxylation is 1. The Morgan fingerprint density at radius 3 is 2.29 bits per heavy atom. The molecule has 0 aliphatic carbocycles. The molecule has 0 bridgehead atoms. The van der Waals surface area contributed by atoms with E-state index in [1.54, 1.807) is 48.2 Å². The molecule has 176 valence electrons. The van der Waals surface area contributed by atoms with Gasteiger partial charge in [-0.05, 0) is 73.2 Å². The number of ether oxygens (including phenoxy) is 1. The van der Waals surface area contributed by atoms with Crippen LogP contribution in [0.2, 0.25) is 0 Å². The minimum Gasteiger partial charge on any atom is -0.426 e. The van der Waals surface area contributed by atoms with Gasteiger partial charge in [-0.3, -0.25) is 19.2 Å². The summed E-state index contributed by atoms with van der Waals surface area (Å²) in [5.74, 6) is -1.76. The highest BCUT2D eigenvalue weighted by molar-refractivity contribution is 9.10. The number of esters is 1. The molecule has 1 saturated heterocycles. The Labute approximate surface area is 217 Å². The summed E-state index contributed by atoms with van der Waals surface area (Å²) < 4.78 is 7.17. The Hall–Kier alpha value is -3.30. The minimum atomic E-state index is -0.596. The molecule has 0 aromatic heterocycles. The van der Waals surface area contributed by atoms with Crippen LogP contribution in [0.15, 0.2) is 69.6 Å². The van der Waals surface area contributed by atoms with Gasteiger partial charge in [0.25, 0.3) is 11.8 Å². The smallest absolute Gasteiger partial charge is 0.316 e. The monoisotopic (exact) mass is 596 g/mol. The molecule has 2 heterocycles. The van der Waals surface area contributed by atoms with Gasteiger partial charge >= 0.3 is 5.97 Å². The molecule has 0 spiro atoms. The molecule has 9 heteroatoms. The lowest BCUT2D eigenvalue weighted by Crippen LogP contribution is -2.30. The fourth-order valence-electron chi connectivity index (χ4n) is 4.31. The number of amides is 3. The third-order valence-electron chi connectivity index (χ3n) is 6.07. The number of rotatable bonds is 4. The molecule has 2 aliphatic heterocycles. The zero-order chi connectivity index (χ0) is 24.9. The number of hydrogen-bond donors (Lipinski definition) is 0. The first-order chi connectivity index (χ1) is 16.7. The summed E-state index contributed by atoms with van der Waals surface area (Å²) in [6.07, 6.45) is 0.0660. The zero-order valence-electron chi connectivity index (χ0n) is 18.5. The molecule has 3 amide bonds. The van der Waals surface area contributed by atoms with Crippen molar-refractivity contribution >= 4 is 66.9 Å². The summed E-state index contributed by atoms with van der Waals surface area (Å²) in [7, 11) is 0. The van der Waals surface area contributed by atoms with Crippen molar-refractivity contribution in [2.75, 3.05) is 16.3 Å². The van der Waals surface area contributed by atoms with E-state index < -0.39 is 23.7 Å². The van der Waals surface area contributed by atoms with Crippen molar-refractivity contribution in [2.45, 2.75) is 13.3 Å². The highest BCUT2D eigenvalue weighted by atomic mass is 79.9. The molecular formula is C26H18Br2N2O5. The maximum atomic E-state index is 12.9. The van der Waals surface area contributed by atoms with Crippen molar-refractivity contribution < 1.29 is 23.9 Å². The molecule has 1 atom stereocenters. The number of carbonyl (C=O) groups excluding carboxylic acids is 4. The summed E-state index contributed by atoms with van der Waals surface area (Å²) in [6, 6.07) is 17.0. The number of hydrogen-bond acceptors (Lipinski definition) is 5. The van der Waals surface area contributed by atoms with Crippen LogP contribution in [0.5, 0.6) is 5.75 Å². The van der Waals surface area contributed by atoms with E-state index in [4.69, 9.17) is 4.74 Å². The summed E-state index contributed by atoms with van der Waals surface area (Å²) in [5.41, 5.74) is 2.42. The lowest BCUT2D eigenvalue weighted by Gasteiger charge is -2.18. The number of fused-ring (bicyclic) bond motifs is 1. The number of nitrogens with zero attached hydrogens (tertiary/aromatic N) is 2. The second-order valence-electron chi connectivity index (χ2n) is 8.39. The Balaban J connectivity index is 1.30. The van der Waals surface area contributed by atoms with Crippen LogP contribution in [0.3, 0.4) is 0 Å². The fraction of sp³-hybridized carbons (Fsp3) is 0.154. The zero-order valence-corrected chi connectivity index (χ0v) is 21.6. The van der Waals surface area contributed by atoms with Gasteiger partial charge < -0.3 is 9.64 Å². The topological polar surface area (TPSA) is 84.0 Å². The number of benzene rings is 3. The van der Waals surface area contributed by atoms with E-state index >= 15 is 0 Å². The Bertz CT molecular complexity index is 1400. The van der Waals surface area contributed by atoms with E-state index in [0.717, 1.165) is 15.1 Å². The Morgan fingerprint density at radius 1 is 0.886 bits per heavy atom. The van der Waals surface area contributed by atoms with Gasteiger partial charge in [-0.1, -0.05) is 31.9 Å². The van der Waals surface area contributed by atoms with E-state index in [2.05, 4.69) is 31.9 Å². The predicted octanol–water partition coefficient (Wildman–Crippen LogP) is 5.28. The van der Waals surface area contributed by atoms with Gasteiger partial charge in [0, 0.05) is 27.6 Å². The fourth-order valence-corrected chi connectivity index (χ4v) is 4.94. The highest BCUT2D eigenvalue weighted by Crippen LogP contribution is 2.34. The van der Waals surface area contributed by atoms with Crippen LogP contribution in [-0.2, 0) is 9.59 Å². The van der Waals surface area contributed by atoms with Crippen molar-refractivity contribution in [2.24, 2.45) is 5.92 Å². The molecule has 7 nitrogen and oxygen atoms in total. The van der Waals surface area contributed by atoms with Crippen molar-refractivity contribution in [3.63, 3.8) is 0 Å². The van der Waals surface area contributed by atoms with Gasteiger partial charge in [0.2, 0.25) is 5.91 Å². The molecular weight excluding hydrogens is 580 g/mol. The van der Waals surface area contributed by atoms with E-state index in [0.29, 0.717) is 26.9 Å². The Morgan fingerprint density at radius 2 is 1.57 bits per heavy atom. The molecule has 3 aromatic carbocycles. The molecule has 0 radical (unpaired) electrons. The maximum absolute atomic E-state index is 12.9. The highest BCUT2D eigenvalue weighted by Gasteiger charge is 2.38. The predicted molar refractivity (Wildman–Crippen MR) is 137 cm³/mol. The second kappa shape index (κ2) is 9.05. The van der Waals surface area contributed by atoms with Gasteiger partial charge in [0.15, 0.2) is 0 Å². The molecule has 5 rings (SSSR count). The summed E-state index contributed by atoms with van der Waals surface area (Å²) in [5, 5.41) is 0. The SMILES string of the molecule is Cc1cc(OC(=O)[C@@H]2CC(=O)N(c3ccc(Br)cc3)C2)ccc1N1C(=O)c2ccc(Br)cc2C1=O. The van der Waals surface area contributed by atoms with E-state index in [1.165, 1.54) is 0 Å². The standard InChI is InChI=1S/C26H18Br2N2O5/c1-14-10-19(7-9-22(14)30-24(32)20-8-4-17(28)12-21(20)25(30)33)35-26(34)15-11-23(31)29(13-15)18-5-2-16(27)3-6-18/h2-10,12,15H,11,13H2,1H3/t15-/m1/s1. The normalized spacial score (nSPS) is 17.2. The number of halogens is 2. The van der Waals surface area contributed by atoms with Gasteiger partial charge in [-0.2, -0.15) is 0 Å². The maximum Gasteiger partial charge on any atom is 0.316 e. The van der Waals surface area contributed by atoms with Crippen LogP contribution in [0, 0.1) is 12.8 Å². The first-order valence-electron chi connectivity index (χ1n) is 10.8. The summed E-state index contributed by atoms with van der Waals surface area (Å²) in [4.78, 5) is 53.8. The average molecular weight is 598 g/mol. The number of imide groups is 1. The van der Waals surface area contributed by atoms with Crippen LogP contribution in [0.1, 0.15) is 32.7 Å². The van der Waals surface area contributed by atoms with Gasteiger partial charge in [0.1, 0.15) is 5.75 Å². The molecule has 35 heavy (non-hydrogen) atoms. The van der Waals surface area contributed by atoms with Crippen molar-refractivity contribution in [3.8, 4) is 5.75 Å². The van der Waals surface area contributed by atoms with E-state index in [-0.39, 0.29) is 24.6 Å². The van der Waals surface area contributed by atoms with Crippen molar-refractivity contribution in [3.05, 3.63) is 86.3 Å². The minimum absolute atomic E-state index is 0.0660. The lowest BCUT2D eigenvalue weighted by molar-refractivity contribution is -0.139. The van der Waals surface area contributed by atoms with Crippen LogP contribution >= 0.6 is 31.9 Å². The number of carbonyl (C=O) groups is 4. The van der Waals surface area contributed by atoms with Crippen LogP contribution in [0.4, 0.5) is 11.4 Å². The molecule has 0 saturated carbocycles. The third-order valence-corrected chi connectivity index (χ3v) is 7.09. The van der Waals surface area contributed by atoms with Crippen molar-refractivity contribution in [1.82, 2.24) is 0 Å². The van der Waals surface area contributed by atoms with E-state index in [1.807, 2.05) is 24.3 Å². The average Bonchev–Trinajstić information content (AvgIpc) is 3.32. The van der Waals surface area contributed by atoms with Crippen LogP contribution in [-0.4, -0.2) is 30.2 Å². The van der Waals surface area contributed by atoms with Crippen LogP contribution < -0.4 is 14.5 Å². The molecule has 3 aromatic rings. The van der Waals surface area contributed by atoms with Gasteiger partial charge in [-0.25, -0.2) is 4.90 Å². The lowest BCUT2D eigenvalue weighted by atomic mass is 10.1. The Kier molecular flexibility index (Phi) is 6.06. The third kappa shape index (κ3) is 4.30. The van der Waals surface area contributed by atoms with Crippen LogP contribution in [0.25, 0.3) is 0 Å².